The van der Waals surface area contributed by atoms with Gasteiger partial charge in [-0.1, -0.05) is 30.3 Å². The maximum absolute atomic E-state index is 9.40. The molecule has 72 valence electrons. The molecule has 0 spiro atoms. The predicted octanol–water partition coefficient (Wildman–Crippen LogP) is 0.727. The third-order valence-electron chi connectivity index (χ3n) is 1.92. The third-order valence-corrected chi connectivity index (χ3v) is 1.92. The molecule has 13 heavy (non-hydrogen) atoms. The summed E-state index contributed by atoms with van der Waals surface area (Å²) in [5, 5.41) is 18.2. The Morgan fingerprint density at radius 1 is 1.31 bits per heavy atom. The van der Waals surface area contributed by atoms with E-state index in [9.17, 15) is 5.11 Å². The van der Waals surface area contributed by atoms with Crippen LogP contribution in [0.15, 0.2) is 30.3 Å². The first-order chi connectivity index (χ1) is 6.29. The van der Waals surface area contributed by atoms with Gasteiger partial charge in [-0.05, 0) is 5.56 Å². The lowest BCUT2D eigenvalue weighted by atomic mass is 10.1. The van der Waals surface area contributed by atoms with E-state index in [2.05, 4.69) is 0 Å². The van der Waals surface area contributed by atoms with Crippen LogP contribution in [0.2, 0.25) is 0 Å². The van der Waals surface area contributed by atoms with Crippen LogP contribution in [-0.4, -0.2) is 30.0 Å². The third kappa shape index (κ3) is 2.52. The summed E-state index contributed by atoms with van der Waals surface area (Å²) in [6, 6.07) is 9.33. The minimum Gasteiger partial charge on any atom is -0.394 e. The summed E-state index contributed by atoms with van der Waals surface area (Å²) in [5.41, 5.74) is 0.867. The number of hydrogen-bond donors (Lipinski definition) is 2. The van der Waals surface area contributed by atoms with E-state index in [1.54, 1.807) is 0 Å². The second-order valence-corrected chi connectivity index (χ2v) is 2.82. The molecular formula is C10H14O3. The van der Waals surface area contributed by atoms with E-state index in [1.165, 1.54) is 7.11 Å². The molecule has 0 heterocycles. The van der Waals surface area contributed by atoms with Gasteiger partial charge in [0.15, 0.2) is 0 Å². The number of methoxy groups -OCH3 is 1. The number of rotatable bonds is 4. The van der Waals surface area contributed by atoms with Crippen molar-refractivity contribution >= 4 is 0 Å². The van der Waals surface area contributed by atoms with Gasteiger partial charge in [-0.25, -0.2) is 0 Å². The standard InChI is InChI=1S/C10H14O3/c1-13-10(9(12)7-11)8-5-3-2-4-6-8/h2-6,9-12H,7H2,1H3/t9-,10+/m0/s1. The Balaban J connectivity index is 2.78. The van der Waals surface area contributed by atoms with Crippen LogP contribution < -0.4 is 0 Å². The zero-order valence-corrected chi connectivity index (χ0v) is 7.55. The van der Waals surface area contributed by atoms with Crippen LogP contribution in [0.4, 0.5) is 0 Å². The lowest BCUT2D eigenvalue weighted by Gasteiger charge is -2.19. The normalized spacial score (nSPS) is 15.3. The highest BCUT2D eigenvalue weighted by Gasteiger charge is 2.19. The van der Waals surface area contributed by atoms with E-state index < -0.39 is 12.2 Å². The fraction of sp³-hybridized carbons (Fsp3) is 0.400. The molecule has 3 heteroatoms. The molecule has 0 saturated heterocycles. The summed E-state index contributed by atoms with van der Waals surface area (Å²) in [6.45, 7) is -0.298. The number of hydrogen-bond acceptors (Lipinski definition) is 3. The first-order valence-electron chi connectivity index (χ1n) is 4.16. The second-order valence-electron chi connectivity index (χ2n) is 2.82. The topological polar surface area (TPSA) is 49.7 Å². The van der Waals surface area contributed by atoms with Crippen molar-refractivity contribution in [2.75, 3.05) is 13.7 Å². The van der Waals surface area contributed by atoms with Crippen molar-refractivity contribution < 1.29 is 14.9 Å². The highest BCUT2D eigenvalue weighted by molar-refractivity contribution is 5.18. The zero-order valence-electron chi connectivity index (χ0n) is 7.55. The molecule has 1 aromatic rings. The molecule has 2 N–H and O–H groups in total. The van der Waals surface area contributed by atoms with Crippen LogP contribution in [0.1, 0.15) is 11.7 Å². The maximum atomic E-state index is 9.40. The number of aliphatic hydroxyl groups is 2. The molecule has 3 nitrogen and oxygen atoms in total. The summed E-state index contributed by atoms with van der Waals surface area (Å²) >= 11 is 0. The van der Waals surface area contributed by atoms with E-state index in [4.69, 9.17) is 9.84 Å². The van der Waals surface area contributed by atoms with E-state index in [-0.39, 0.29) is 6.61 Å². The van der Waals surface area contributed by atoms with Gasteiger partial charge in [-0.2, -0.15) is 0 Å². The molecule has 1 rings (SSSR count). The Hall–Kier alpha value is -0.900. The van der Waals surface area contributed by atoms with Crippen LogP contribution in [-0.2, 0) is 4.74 Å². The summed E-state index contributed by atoms with van der Waals surface area (Å²) in [7, 11) is 1.51. The molecule has 1 aromatic carbocycles. The molecule has 0 unspecified atom stereocenters. The Kier molecular flexibility index (Phi) is 3.89. The van der Waals surface area contributed by atoms with Crippen LogP contribution in [0.25, 0.3) is 0 Å². The van der Waals surface area contributed by atoms with Crippen LogP contribution in [0, 0.1) is 0 Å². The van der Waals surface area contributed by atoms with Gasteiger partial charge in [0.05, 0.1) is 6.61 Å². The first-order valence-corrected chi connectivity index (χ1v) is 4.16. The number of aliphatic hydroxyl groups excluding tert-OH is 2. The molecule has 0 aliphatic rings. The molecular weight excluding hydrogens is 168 g/mol. The Labute approximate surface area is 77.6 Å². The number of benzene rings is 1. The zero-order chi connectivity index (χ0) is 9.68. The average molecular weight is 182 g/mol. The van der Waals surface area contributed by atoms with Gasteiger partial charge >= 0.3 is 0 Å². The van der Waals surface area contributed by atoms with Crippen molar-refractivity contribution in [1.82, 2.24) is 0 Å². The van der Waals surface area contributed by atoms with E-state index in [0.29, 0.717) is 0 Å². The minimum absolute atomic E-state index is 0.298. The Bertz CT molecular complexity index is 235. The van der Waals surface area contributed by atoms with Gasteiger partial charge in [0.1, 0.15) is 12.2 Å². The number of ether oxygens (including phenoxy) is 1. The van der Waals surface area contributed by atoms with Gasteiger partial charge < -0.3 is 14.9 Å². The fourth-order valence-electron chi connectivity index (χ4n) is 1.25. The summed E-state index contributed by atoms with van der Waals surface area (Å²) in [4.78, 5) is 0. The first kappa shape index (κ1) is 10.2. The molecule has 0 fully saturated rings. The molecule has 0 aliphatic carbocycles. The SMILES string of the molecule is CO[C@H](c1ccccc1)[C@@H](O)CO. The van der Waals surface area contributed by atoms with Crippen LogP contribution in [0.3, 0.4) is 0 Å². The minimum atomic E-state index is -0.868. The van der Waals surface area contributed by atoms with Gasteiger partial charge in [-0.3, -0.25) is 0 Å². The smallest absolute Gasteiger partial charge is 0.110 e. The van der Waals surface area contributed by atoms with E-state index in [1.807, 2.05) is 30.3 Å². The molecule has 0 aromatic heterocycles. The predicted molar refractivity (Wildman–Crippen MR) is 49.3 cm³/mol. The van der Waals surface area contributed by atoms with Crippen LogP contribution >= 0.6 is 0 Å². The summed E-state index contributed by atoms with van der Waals surface area (Å²) in [6.07, 6.45) is -1.32. The maximum Gasteiger partial charge on any atom is 0.110 e. The Morgan fingerprint density at radius 2 is 1.92 bits per heavy atom. The molecule has 2 atom stereocenters. The van der Waals surface area contributed by atoms with Crippen molar-refractivity contribution in [2.45, 2.75) is 12.2 Å². The summed E-state index contributed by atoms with van der Waals surface area (Å²) < 4.78 is 5.08. The van der Waals surface area contributed by atoms with Crippen molar-refractivity contribution in [3.63, 3.8) is 0 Å². The second kappa shape index (κ2) is 4.97. The quantitative estimate of drug-likeness (QED) is 0.721. The van der Waals surface area contributed by atoms with Crippen molar-refractivity contribution in [3.05, 3.63) is 35.9 Å². The van der Waals surface area contributed by atoms with Crippen molar-refractivity contribution in [2.24, 2.45) is 0 Å². The fourth-order valence-corrected chi connectivity index (χ4v) is 1.25. The Morgan fingerprint density at radius 3 is 2.38 bits per heavy atom. The monoisotopic (exact) mass is 182 g/mol. The molecule has 0 aliphatic heterocycles. The van der Waals surface area contributed by atoms with Gasteiger partial charge in [0.2, 0.25) is 0 Å². The highest BCUT2D eigenvalue weighted by atomic mass is 16.5. The molecule has 0 saturated carbocycles. The lowest BCUT2D eigenvalue weighted by Crippen LogP contribution is -2.23. The average Bonchev–Trinajstić information content (AvgIpc) is 2.20. The molecule has 0 radical (unpaired) electrons. The van der Waals surface area contributed by atoms with Gasteiger partial charge in [0.25, 0.3) is 0 Å². The molecule has 0 amide bonds. The highest BCUT2D eigenvalue weighted by Crippen LogP contribution is 2.19. The molecule has 0 bridgehead atoms. The largest absolute Gasteiger partial charge is 0.394 e. The van der Waals surface area contributed by atoms with Crippen LogP contribution in [0.5, 0.6) is 0 Å². The van der Waals surface area contributed by atoms with E-state index >= 15 is 0 Å². The van der Waals surface area contributed by atoms with E-state index in [0.717, 1.165) is 5.56 Å². The summed E-state index contributed by atoms with van der Waals surface area (Å²) in [5.74, 6) is 0. The van der Waals surface area contributed by atoms with Crippen molar-refractivity contribution in [1.29, 1.82) is 0 Å². The lowest BCUT2D eigenvalue weighted by molar-refractivity contribution is -0.0392. The van der Waals surface area contributed by atoms with Gasteiger partial charge in [-0.15, -0.1) is 0 Å². The van der Waals surface area contributed by atoms with Crippen molar-refractivity contribution in [3.8, 4) is 0 Å². The van der Waals surface area contributed by atoms with Gasteiger partial charge in [0, 0.05) is 7.11 Å².